The molecule has 2 heterocycles. The van der Waals surface area contributed by atoms with E-state index in [2.05, 4.69) is 15.6 Å². The molecule has 0 aliphatic rings. The number of rotatable bonds is 7. The number of nitrogens with one attached hydrogen (secondary N) is 1. The maximum absolute atomic E-state index is 13.4. The van der Waals surface area contributed by atoms with Crippen molar-refractivity contribution in [2.24, 2.45) is 0 Å². The van der Waals surface area contributed by atoms with Crippen molar-refractivity contribution in [1.29, 1.82) is 0 Å². The number of ether oxygens (including phenoxy) is 1. The summed E-state index contributed by atoms with van der Waals surface area (Å²) in [5.41, 5.74) is 2.98. The summed E-state index contributed by atoms with van der Waals surface area (Å²) >= 11 is 6.14. The number of anilines is 1. The van der Waals surface area contributed by atoms with Crippen molar-refractivity contribution >= 4 is 23.2 Å². The smallest absolute Gasteiger partial charge is 0.278 e. The molecule has 0 radical (unpaired) electrons. The lowest BCUT2D eigenvalue weighted by Gasteiger charge is -2.09. The molecule has 0 fully saturated rings. The summed E-state index contributed by atoms with van der Waals surface area (Å²) in [4.78, 5) is 13.0. The fourth-order valence-electron chi connectivity index (χ4n) is 3.47. The molecule has 10 heteroatoms. The van der Waals surface area contributed by atoms with Crippen LogP contribution < -0.4 is 10.1 Å². The summed E-state index contributed by atoms with van der Waals surface area (Å²) in [5, 5.41) is 11.5. The first-order valence-electron chi connectivity index (χ1n) is 10.4. The predicted molar refractivity (Wildman–Crippen MR) is 122 cm³/mol. The van der Waals surface area contributed by atoms with Crippen LogP contribution in [0.15, 0.2) is 47.0 Å². The molecular weight excluding hydrogens is 466 g/mol. The molecule has 1 N–H and O–H groups in total. The van der Waals surface area contributed by atoms with Gasteiger partial charge in [-0.2, -0.15) is 5.10 Å². The molecule has 7 nitrogen and oxygen atoms in total. The fraction of sp³-hybridized carbons (Fsp3) is 0.208. The van der Waals surface area contributed by atoms with Crippen LogP contribution in [-0.4, -0.2) is 20.8 Å². The van der Waals surface area contributed by atoms with E-state index in [9.17, 15) is 13.6 Å². The van der Waals surface area contributed by atoms with Crippen LogP contribution >= 0.6 is 11.6 Å². The molecule has 2 aromatic heterocycles. The first-order valence-corrected chi connectivity index (χ1v) is 10.7. The van der Waals surface area contributed by atoms with Crippen molar-refractivity contribution in [3.8, 4) is 5.75 Å². The largest absolute Gasteiger partial charge is 0.489 e. The summed E-state index contributed by atoms with van der Waals surface area (Å²) in [6.07, 6.45) is 0. The van der Waals surface area contributed by atoms with E-state index >= 15 is 0 Å². The van der Waals surface area contributed by atoms with Crippen LogP contribution in [0.4, 0.5) is 14.5 Å². The Morgan fingerprint density at radius 3 is 2.65 bits per heavy atom. The third-order valence-electron chi connectivity index (χ3n) is 5.33. The minimum absolute atomic E-state index is 0.0260. The molecule has 0 atom stereocenters. The van der Waals surface area contributed by atoms with Gasteiger partial charge in [-0.05, 0) is 50.6 Å². The first-order chi connectivity index (χ1) is 16.2. The molecular formula is C24H21ClF2N4O3. The Hall–Kier alpha value is -3.72. The van der Waals surface area contributed by atoms with E-state index in [1.165, 1.54) is 30.3 Å². The average molecular weight is 487 g/mol. The molecule has 0 aliphatic heterocycles. The number of hydrogen-bond acceptors (Lipinski definition) is 5. The second-order valence-electron chi connectivity index (χ2n) is 7.71. The Bertz CT molecular complexity index is 1370. The zero-order valence-electron chi connectivity index (χ0n) is 18.7. The third kappa shape index (κ3) is 4.94. The van der Waals surface area contributed by atoms with Crippen molar-refractivity contribution in [2.75, 3.05) is 5.32 Å². The molecule has 0 spiro atoms. The molecule has 4 aromatic rings. The van der Waals surface area contributed by atoms with E-state index in [1.807, 2.05) is 0 Å². The standard InChI is InChI=1S/C24H21ClF2N4O3/c1-13-22(14(2)31(29-13)11-16-7-8-18(27)10-21(16)25)28-24(32)23-20(15(3)34-30-23)12-33-19-6-4-5-17(26)9-19/h4-10H,11-12H2,1-3H3,(H,28,32). The number of hydrogen-bond donors (Lipinski definition) is 1. The highest BCUT2D eigenvalue weighted by molar-refractivity contribution is 6.31. The van der Waals surface area contributed by atoms with Gasteiger partial charge in [-0.3, -0.25) is 9.48 Å². The van der Waals surface area contributed by atoms with E-state index in [-0.39, 0.29) is 12.3 Å². The van der Waals surface area contributed by atoms with Crippen molar-refractivity contribution in [1.82, 2.24) is 14.9 Å². The number of carbonyl (C=O) groups excluding carboxylic acids is 1. The second kappa shape index (κ2) is 9.64. The van der Waals surface area contributed by atoms with Crippen LogP contribution in [0.5, 0.6) is 5.75 Å². The van der Waals surface area contributed by atoms with Gasteiger partial charge in [0.2, 0.25) is 0 Å². The zero-order valence-corrected chi connectivity index (χ0v) is 19.4. The normalized spacial score (nSPS) is 11.0. The van der Waals surface area contributed by atoms with E-state index in [1.54, 1.807) is 37.6 Å². The molecule has 176 valence electrons. The van der Waals surface area contributed by atoms with Gasteiger partial charge in [-0.15, -0.1) is 0 Å². The van der Waals surface area contributed by atoms with Crippen LogP contribution in [-0.2, 0) is 13.2 Å². The lowest BCUT2D eigenvalue weighted by molar-refractivity contribution is 0.101. The van der Waals surface area contributed by atoms with Gasteiger partial charge in [0, 0.05) is 11.1 Å². The highest BCUT2D eigenvalue weighted by atomic mass is 35.5. The Morgan fingerprint density at radius 1 is 1.15 bits per heavy atom. The number of aryl methyl sites for hydroxylation is 2. The number of benzene rings is 2. The van der Waals surface area contributed by atoms with Crippen LogP contribution in [0, 0.1) is 32.4 Å². The Kier molecular flexibility index (Phi) is 6.65. The van der Waals surface area contributed by atoms with E-state index < -0.39 is 17.5 Å². The number of nitrogens with zero attached hydrogens (tertiary/aromatic N) is 3. The minimum atomic E-state index is -0.500. The molecule has 1 amide bonds. The van der Waals surface area contributed by atoms with Gasteiger partial charge in [0.05, 0.1) is 29.2 Å². The van der Waals surface area contributed by atoms with Crippen molar-refractivity contribution < 1.29 is 22.8 Å². The second-order valence-corrected chi connectivity index (χ2v) is 8.11. The zero-order chi connectivity index (χ0) is 24.4. The quantitative estimate of drug-likeness (QED) is 0.367. The number of halogens is 3. The monoisotopic (exact) mass is 486 g/mol. The third-order valence-corrected chi connectivity index (χ3v) is 5.69. The van der Waals surface area contributed by atoms with Gasteiger partial charge in [0.25, 0.3) is 5.91 Å². The molecule has 0 bridgehead atoms. The van der Waals surface area contributed by atoms with Crippen molar-refractivity contribution in [3.05, 3.63) is 93.1 Å². The molecule has 0 saturated heterocycles. The number of carbonyl (C=O) groups is 1. The maximum Gasteiger partial charge on any atom is 0.278 e. The summed E-state index contributed by atoms with van der Waals surface area (Å²) in [7, 11) is 0. The Labute approximate surface area is 199 Å². The maximum atomic E-state index is 13.4. The topological polar surface area (TPSA) is 82.2 Å². The molecule has 4 rings (SSSR count). The minimum Gasteiger partial charge on any atom is -0.489 e. The van der Waals surface area contributed by atoms with Gasteiger partial charge >= 0.3 is 0 Å². The SMILES string of the molecule is Cc1nn(Cc2ccc(F)cc2Cl)c(C)c1NC(=O)c1noc(C)c1COc1cccc(F)c1. The van der Waals surface area contributed by atoms with Crippen molar-refractivity contribution in [2.45, 2.75) is 33.9 Å². The number of amides is 1. The lowest BCUT2D eigenvalue weighted by Crippen LogP contribution is -2.16. The van der Waals surface area contributed by atoms with E-state index in [0.29, 0.717) is 51.3 Å². The van der Waals surface area contributed by atoms with Crippen LogP contribution in [0.25, 0.3) is 0 Å². The fourth-order valence-corrected chi connectivity index (χ4v) is 3.69. The molecule has 34 heavy (non-hydrogen) atoms. The predicted octanol–water partition coefficient (Wildman–Crippen LogP) is 5.61. The highest BCUT2D eigenvalue weighted by Crippen LogP contribution is 2.25. The number of aromatic nitrogens is 3. The molecule has 2 aromatic carbocycles. The van der Waals surface area contributed by atoms with Gasteiger partial charge < -0.3 is 14.6 Å². The van der Waals surface area contributed by atoms with E-state index in [0.717, 1.165) is 0 Å². The van der Waals surface area contributed by atoms with Crippen molar-refractivity contribution in [3.63, 3.8) is 0 Å². The van der Waals surface area contributed by atoms with Crippen LogP contribution in [0.1, 0.15) is 38.8 Å². The molecule has 0 saturated carbocycles. The summed E-state index contributed by atoms with van der Waals surface area (Å²) in [6.45, 7) is 5.50. The first kappa shape index (κ1) is 23.4. The Balaban J connectivity index is 1.52. The molecule has 0 aliphatic carbocycles. The van der Waals surface area contributed by atoms with Gasteiger partial charge in [-0.1, -0.05) is 28.9 Å². The lowest BCUT2D eigenvalue weighted by atomic mass is 10.2. The summed E-state index contributed by atoms with van der Waals surface area (Å²) < 4.78 is 39.2. The summed E-state index contributed by atoms with van der Waals surface area (Å²) in [5.74, 6) is -0.617. The Morgan fingerprint density at radius 2 is 1.91 bits per heavy atom. The average Bonchev–Trinajstić information content (AvgIpc) is 3.28. The van der Waals surface area contributed by atoms with E-state index in [4.69, 9.17) is 20.9 Å². The molecule has 0 unspecified atom stereocenters. The summed E-state index contributed by atoms with van der Waals surface area (Å²) in [6, 6.07) is 9.86. The van der Waals surface area contributed by atoms with Gasteiger partial charge in [-0.25, -0.2) is 8.78 Å². The highest BCUT2D eigenvalue weighted by Gasteiger charge is 2.23. The van der Waals surface area contributed by atoms with Crippen LogP contribution in [0.2, 0.25) is 5.02 Å². The van der Waals surface area contributed by atoms with Crippen LogP contribution in [0.3, 0.4) is 0 Å². The van der Waals surface area contributed by atoms with Gasteiger partial charge in [0.1, 0.15) is 29.8 Å². The van der Waals surface area contributed by atoms with Gasteiger partial charge in [0.15, 0.2) is 5.69 Å².